The van der Waals surface area contributed by atoms with E-state index in [1.165, 1.54) is 19.3 Å². The molecule has 0 radical (unpaired) electrons. The summed E-state index contributed by atoms with van der Waals surface area (Å²) in [6.07, 6.45) is 14.0. The first-order valence-electron chi connectivity index (χ1n) is 23.3. The first-order chi connectivity index (χ1) is 29.9. The van der Waals surface area contributed by atoms with Gasteiger partial charge < -0.3 is 14.4 Å². The van der Waals surface area contributed by atoms with Gasteiger partial charge in [0.2, 0.25) is 21.8 Å². The number of ketones is 1. The summed E-state index contributed by atoms with van der Waals surface area (Å²) in [5.41, 5.74) is 1.72. The second-order valence-electron chi connectivity index (χ2n) is 20.5. The molecule has 1 aromatic carbocycles. The number of nitrogens with zero attached hydrogens (tertiary/aromatic N) is 4. The largest absolute Gasteiger partial charge is 0.460 e. The van der Waals surface area contributed by atoms with Gasteiger partial charge in [0.1, 0.15) is 22.2 Å². The molecule has 4 heterocycles. The van der Waals surface area contributed by atoms with Gasteiger partial charge in [0, 0.05) is 41.7 Å². The molecule has 5 aliphatic rings. The fourth-order valence-corrected chi connectivity index (χ4v) is 12.3. The van der Waals surface area contributed by atoms with Crippen molar-refractivity contribution in [1.29, 1.82) is 0 Å². The van der Waals surface area contributed by atoms with Crippen molar-refractivity contribution in [2.75, 3.05) is 6.54 Å². The number of rotatable bonds is 10. The highest BCUT2D eigenvalue weighted by molar-refractivity contribution is 7.91. The van der Waals surface area contributed by atoms with Crippen molar-refractivity contribution in [2.24, 2.45) is 17.3 Å². The van der Waals surface area contributed by atoms with Gasteiger partial charge in [0.05, 0.1) is 40.4 Å². The summed E-state index contributed by atoms with van der Waals surface area (Å²) < 4.78 is 42.6. The van der Waals surface area contributed by atoms with E-state index in [9.17, 15) is 27.6 Å². The quantitative estimate of drug-likeness (QED) is 0.153. The number of fused-ring (bicyclic) bond motifs is 3. The van der Waals surface area contributed by atoms with Crippen LogP contribution in [0.5, 0.6) is 6.01 Å². The van der Waals surface area contributed by atoms with E-state index < -0.39 is 55.7 Å². The minimum Gasteiger partial charge on any atom is -0.460 e. The van der Waals surface area contributed by atoms with Gasteiger partial charge in [-0.1, -0.05) is 50.3 Å². The van der Waals surface area contributed by atoms with Crippen molar-refractivity contribution in [1.82, 2.24) is 24.2 Å². The number of aromatic nitrogens is 3. The highest BCUT2D eigenvalue weighted by Gasteiger charge is 2.62. The number of Topliss-reactive ketones (excluding diaryl/α,β-unsaturated/α-hetero) is 1. The number of sulfonamides is 1. The summed E-state index contributed by atoms with van der Waals surface area (Å²) in [6.45, 7) is 11.2. The third-order valence-corrected chi connectivity index (χ3v) is 17.1. The van der Waals surface area contributed by atoms with Crippen molar-refractivity contribution in [2.45, 2.75) is 179 Å². The van der Waals surface area contributed by atoms with Gasteiger partial charge >= 0.3 is 5.97 Å². The van der Waals surface area contributed by atoms with Crippen molar-refractivity contribution in [3.63, 3.8) is 0 Å². The number of allylic oxidation sites excluding steroid dienone is 2. The molecule has 2 aromatic heterocycles. The van der Waals surface area contributed by atoms with Crippen molar-refractivity contribution in [3.05, 3.63) is 41.4 Å². The molecule has 0 unspecified atom stereocenters. The zero-order valence-corrected chi connectivity index (χ0v) is 39.5. The fraction of sp³-hybridized carbons (Fsp3) is 0.667. The van der Waals surface area contributed by atoms with Crippen LogP contribution in [-0.4, -0.2) is 80.5 Å². The molecule has 1 N–H and O–H groups in total. The molecular formula is C48H65N5O8S2. The van der Waals surface area contributed by atoms with E-state index in [-0.39, 0.29) is 49.5 Å². The zero-order chi connectivity index (χ0) is 44.9. The first-order valence-corrected chi connectivity index (χ1v) is 25.7. The standard InChI is InChI=1S/C48H65N5O8S2/c1-30(2)53-37-21-15-20-35(42-49-36(29-62-42)31-16-12-10-13-17-31)41(37)50-45(53)60-34-25-38-39(54)27-48(44(57)51-63(58,59)47(6)22-23-47)26-33(48)19-14-9-7-8-11-18-32(43(56)52(38)28-34)24-40(55)61-46(3,4)5/h14-15,19-21,29-34,38H,7-13,16-18,22-28H2,1-6H3,(H,51,57)/b19-14-/t32-,33-,34-,38+,48-/m1/s1. The maximum Gasteiger partial charge on any atom is 0.307 e. The number of para-hydroxylation sites is 1. The summed E-state index contributed by atoms with van der Waals surface area (Å²) in [4.78, 5) is 68.9. The highest BCUT2D eigenvalue weighted by atomic mass is 32.2. The minimum atomic E-state index is -3.96. The van der Waals surface area contributed by atoms with Gasteiger partial charge in [-0.3, -0.25) is 28.5 Å². The number of ether oxygens (including phenoxy) is 2. The second-order valence-corrected chi connectivity index (χ2v) is 23.5. The first kappa shape index (κ1) is 45.5. The molecule has 2 aliphatic heterocycles. The average molecular weight is 904 g/mol. The SMILES string of the molecule is CC(C)n1c(O[C@@H]2C[C@H]3C(=O)C[C@]4(C(=O)NS(=O)(=O)C5(C)CC5)C[C@H]4/C=C\CCCCC[C@H](CC(=O)OC(C)(C)C)C(=O)N3C2)nc2c(-c3nc(C4CCCCC4)cs3)cccc21. The van der Waals surface area contributed by atoms with Crippen LogP contribution < -0.4 is 9.46 Å². The number of thiazole rings is 1. The van der Waals surface area contributed by atoms with Crippen LogP contribution in [0.25, 0.3) is 21.6 Å². The maximum atomic E-state index is 14.9. The van der Waals surface area contributed by atoms with Crippen LogP contribution in [0, 0.1) is 17.3 Å². The van der Waals surface area contributed by atoms with Crippen LogP contribution in [0.3, 0.4) is 0 Å². The van der Waals surface area contributed by atoms with Gasteiger partial charge in [0.15, 0.2) is 5.78 Å². The molecule has 3 aliphatic carbocycles. The summed E-state index contributed by atoms with van der Waals surface area (Å²) in [5.74, 6) is -2.38. The lowest BCUT2D eigenvalue weighted by molar-refractivity contribution is -0.159. The number of hydrogen-bond donors (Lipinski definition) is 1. The van der Waals surface area contributed by atoms with Crippen LogP contribution in [-0.2, 0) is 33.9 Å². The Bertz CT molecular complexity index is 2370. The Morgan fingerprint density at radius 3 is 2.46 bits per heavy atom. The van der Waals surface area contributed by atoms with E-state index in [1.54, 1.807) is 43.9 Å². The summed E-state index contributed by atoms with van der Waals surface area (Å²) in [7, 11) is -3.96. The normalized spacial score (nSPS) is 27.6. The lowest BCUT2D eigenvalue weighted by Gasteiger charge is -2.29. The highest BCUT2D eigenvalue weighted by Crippen LogP contribution is 2.58. The van der Waals surface area contributed by atoms with Crippen LogP contribution >= 0.6 is 11.3 Å². The van der Waals surface area contributed by atoms with Crippen LogP contribution in [0.2, 0.25) is 0 Å². The molecule has 342 valence electrons. The van der Waals surface area contributed by atoms with E-state index in [0.717, 1.165) is 59.4 Å². The van der Waals surface area contributed by atoms with E-state index in [0.29, 0.717) is 44.0 Å². The Balaban J connectivity index is 1.11. The molecule has 5 atom stereocenters. The third-order valence-electron chi connectivity index (χ3n) is 14.0. The number of imidazole rings is 1. The number of nitrogens with one attached hydrogen (secondary N) is 1. The third kappa shape index (κ3) is 9.65. The molecule has 1 saturated heterocycles. The number of carbonyl (C=O) groups excluding carboxylic acids is 4. The van der Waals surface area contributed by atoms with Gasteiger partial charge in [-0.05, 0) is 111 Å². The molecule has 0 spiro atoms. The number of benzene rings is 1. The van der Waals surface area contributed by atoms with Crippen LogP contribution in [0.1, 0.15) is 162 Å². The fourth-order valence-electron chi connectivity index (χ4n) is 10.00. The van der Waals surface area contributed by atoms with E-state index in [4.69, 9.17) is 19.4 Å². The van der Waals surface area contributed by atoms with E-state index in [2.05, 4.69) is 23.9 Å². The van der Waals surface area contributed by atoms with Gasteiger partial charge in [-0.15, -0.1) is 11.3 Å². The number of hydrogen-bond acceptors (Lipinski definition) is 11. The molecule has 63 heavy (non-hydrogen) atoms. The molecule has 3 saturated carbocycles. The maximum absolute atomic E-state index is 14.9. The Morgan fingerprint density at radius 1 is 1.02 bits per heavy atom. The smallest absolute Gasteiger partial charge is 0.307 e. The van der Waals surface area contributed by atoms with Crippen molar-refractivity contribution in [3.8, 4) is 16.6 Å². The molecular weight excluding hydrogens is 839 g/mol. The topological polar surface area (TPSA) is 167 Å². The van der Waals surface area contributed by atoms with Crippen molar-refractivity contribution >= 4 is 56.0 Å². The van der Waals surface area contributed by atoms with Gasteiger partial charge in [0.25, 0.3) is 6.01 Å². The Kier molecular flexibility index (Phi) is 12.8. The molecule has 13 nitrogen and oxygen atoms in total. The predicted molar refractivity (Wildman–Crippen MR) is 243 cm³/mol. The molecule has 15 heteroatoms. The Labute approximate surface area is 376 Å². The molecule has 0 bridgehead atoms. The molecule has 2 amide bonds. The lowest BCUT2D eigenvalue weighted by Crippen LogP contribution is -2.47. The summed E-state index contributed by atoms with van der Waals surface area (Å²) in [6, 6.07) is 5.44. The molecule has 3 aromatic rings. The second kappa shape index (κ2) is 17.7. The van der Waals surface area contributed by atoms with Crippen LogP contribution in [0.4, 0.5) is 0 Å². The Hall–Kier alpha value is -4.11. The van der Waals surface area contributed by atoms with E-state index in [1.807, 2.05) is 34.9 Å². The monoisotopic (exact) mass is 903 g/mol. The molecule has 4 fully saturated rings. The molecule has 8 rings (SSSR count). The average Bonchev–Trinajstić information content (AvgIpc) is 3.89. The van der Waals surface area contributed by atoms with Gasteiger partial charge in [-0.2, -0.15) is 4.98 Å². The zero-order valence-electron chi connectivity index (χ0n) is 37.8. The van der Waals surface area contributed by atoms with Crippen LogP contribution in [0.15, 0.2) is 35.7 Å². The van der Waals surface area contributed by atoms with Crippen molar-refractivity contribution < 1.29 is 37.1 Å². The summed E-state index contributed by atoms with van der Waals surface area (Å²) in [5, 5.41) is 3.09. The number of amides is 2. The number of carbonyl (C=O) groups is 4. The number of esters is 1. The minimum absolute atomic E-state index is 0.0462. The van der Waals surface area contributed by atoms with E-state index >= 15 is 0 Å². The lowest BCUT2D eigenvalue weighted by atomic mass is 9.87. The van der Waals surface area contributed by atoms with Gasteiger partial charge in [-0.25, -0.2) is 13.4 Å². The predicted octanol–water partition coefficient (Wildman–Crippen LogP) is 8.97. The summed E-state index contributed by atoms with van der Waals surface area (Å²) >= 11 is 1.63. The Morgan fingerprint density at radius 2 is 1.75 bits per heavy atom.